The van der Waals surface area contributed by atoms with E-state index in [0.29, 0.717) is 18.7 Å². The third-order valence-corrected chi connectivity index (χ3v) is 6.77. The number of benzene rings is 2. The molecular formula is C23H21N3O2S. The standard InChI is InChI=1S/C23H21N3O2S/c1-14-22(27)25-20-12-16(6-7-21(20)29-14)23(28)26-10-8-15(9-11-26)18-13-24-19-5-3-2-4-17(18)19/h2-8,12-14,24H,9-11H2,1H3,(H,25,27)/t14-/m0/s1. The number of hydrogen-bond donors (Lipinski definition) is 2. The number of thioether (sulfide) groups is 1. The van der Waals surface area contributed by atoms with Gasteiger partial charge < -0.3 is 15.2 Å². The zero-order valence-corrected chi connectivity index (χ0v) is 16.9. The van der Waals surface area contributed by atoms with Gasteiger partial charge in [-0.3, -0.25) is 9.59 Å². The lowest BCUT2D eigenvalue weighted by Gasteiger charge is -2.27. The van der Waals surface area contributed by atoms with Crippen molar-refractivity contribution in [3.63, 3.8) is 0 Å². The van der Waals surface area contributed by atoms with Crippen molar-refractivity contribution in [3.8, 4) is 0 Å². The van der Waals surface area contributed by atoms with Crippen LogP contribution in [-0.4, -0.2) is 40.0 Å². The maximum Gasteiger partial charge on any atom is 0.254 e. The Kier molecular flexibility index (Phi) is 4.43. The minimum absolute atomic E-state index is 0.0000948. The summed E-state index contributed by atoms with van der Waals surface area (Å²) >= 11 is 1.53. The highest BCUT2D eigenvalue weighted by Crippen LogP contribution is 2.36. The number of hydrogen-bond acceptors (Lipinski definition) is 3. The summed E-state index contributed by atoms with van der Waals surface area (Å²) in [6.07, 6.45) is 5.02. The SMILES string of the molecule is C[C@@H]1Sc2ccc(C(=O)N3CC=C(c4c[nH]c5ccccc45)CC3)cc2NC1=O. The molecule has 3 heterocycles. The number of carbonyl (C=O) groups excluding carboxylic acids is 2. The molecule has 2 aliphatic heterocycles. The van der Waals surface area contributed by atoms with E-state index in [4.69, 9.17) is 0 Å². The van der Waals surface area contributed by atoms with Crippen LogP contribution in [0.15, 0.2) is 59.6 Å². The summed E-state index contributed by atoms with van der Waals surface area (Å²) in [6, 6.07) is 13.9. The fourth-order valence-corrected chi connectivity index (χ4v) is 4.89. The largest absolute Gasteiger partial charge is 0.361 e. The van der Waals surface area contributed by atoms with E-state index in [1.165, 1.54) is 28.3 Å². The van der Waals surface area contributed by atoms with Crippen LogP contribution in [0, 0.1) is 0 Å². The lowest BCUT2D eigenvalue weighted by atomic mass is 9.98. The Morgan fingerprint density at radius 2 is 2.07 bits per heavy atom. The first kappa shape index (κ1) is 18.1. The van der Waals surface area contributed by atoms with Gasteiger partial charge in [-0.25, -0.2) is 0 Å². The summed E-state index contributed by atoms with van der Waals surface area (Å²) in [7, 11) is 0. The van der Waals surface area contributed by atoms with E-state index in [9.17, 15) is 9.59 Å². The van der Waals surface area contributed by atoms with E-state index in [1.807, 2.05) is 36.1 Å². The quantitative estimate of drug-likeness (QED) is 0.661. The van der Waals surface area contributed by atoms with Crippen molar-refractivity contribution in [2.24, 2.45) is 0 Å². The Labute approximate surface area is 173 Å². The minimum Gasteiger partial charge on any atom is -0.361 e. The Morgan fingerprint density at radius 1 is 1.21 bits per heavy atom. The molecule has 0 bridgehead atoms. The lowest BCUT2D eigenvalue weighted by Crippen LogP contribution is -2.35. The number of anilines is 1. The normalized spacial score (nSPS) is 18.9. The molecule has 146 valence electrons. The van der Waals surface area contributed by atoms with Crippen LogP contribution in [0.2, 0.25) is 0 Å². The van der Waals surface area contributed by atoms with Crippen LogP contribution in [-0.2, 0) is 4.79 Å². The van der Waals surface area contributed by atoms with Crippen molar-refractivity contribution < 1.29 is 9.59 Å². The van der Waals surface area contributed by atoms with Crippen LogP contribution < -0.4 is 5.32 Å². The predicted octanol–water partition coefficient (Wildman–Crippen LogP) is 4.53. The second-order valence-electron chi connectivity index (χ2n) is 7.44. The van der Waals surface area contributed by atoms with Crippen molar-refractivity contribution in [3.05, 3.63) is 65.9 Å². The third kappa shape index (κ3) is 3.23. The highest BCUT2D eigenvalue weighted by molar-refractivity contribution is 8.00. The van der Waals surface area contributed by atoms with Gasteiger partial charge in [-0.2, -0.15) is 0 Å². The van der Waals surface area contributed by atoms with Crippen molar-refractivity contribution in [1.82, 2.24) is 9.88 Å². The minimum atomic E-state index is -0.112. The summed E-state index contributed by atoms with van der Waals surface area (Å²) in [5.41, 5.74) is 4.97. The van der Waals surface area contributed by atoms with Gasteiger partial charge in [0.1, 0.15) is 0 Å². The molecule has 0 aliphatic carbocycles. The Morgan fingerprint density at radius 3 is 2.90 bits per heavy atom. The molecule has 0 fully saturated rings. The molecule has 6 heteroatoms. The zero-order valence-electron chi connectivity index (χ0n) is 16.1. The number of fused-ring (bicyclic) bond motifs is 2. The fraction of sp³-hybridized carbons (Fsp3) is 0.217. The highest BCUT2D eigenvalue weighted by Gasteiger charge is 2.25. The van der Waals surface area contributed by atoms with E-state index in [2.05, 4.69) is 34.7 Å². The van der Waals surface area contributed by atoms with Crippen LogP contribution in [0.3, 0.4) is 0 Å². The maximum absolute atomic E-state index is 13.0. The molecule has 0 saturated carbocycles. The van der Waals surface area contributed by atoms with Crippen LogP contribution in [0.5, 0.6) is 0 Å². The van der Waals surface area contributed by atoms with E-state index < -0.39 is 0 Å². The first-order valence-electron chi connectivity index (χ1n) is 9.76. The molecule has 2 N–H and O–H groups in total. The molecule has 1 atom stereocenters. The topological polar surface area (TPSA) is 65.2 Å². The maximum atomic E-state index is 13.0. The van der Waals surface area contributed by atoms with E-state index in [1.54, 1.807) is 6.07 Å². The lowest BCUT2D eigenvalue weighted by molar-refractivity contribution is -0.115. The molecule has 2 aromatic carbocycles. The summed E-state index contributed by atoms with van der Waals surface area (Å²) in [4.78, 5) is 31.1. The first-order valence-corrected chi connectivity index (χ1v) is 10.6. The first-order chi connectivity index (χ1) is 14.1. The van der Waals surface area contributed by atoms with E-state index in [0.717, 1.165) is 22.5 Å². The smallest absolute Gasteiger partial charge is 0.254 e. The number of amides is 2. The van der Waals surface area contributed by atoms with Gasteiger partial charge in [-0.15, -0.1) is 11.8 Å². The molecule has 2 aliphatic rings. The summed E-state index contributed by atoms with van der Waals surface area (Å²) < 4.78 is 0. The molecule has 5 nitrogen and oxygen atoms in total. The van der Waals surface area contributed by atoms with Gasteiger partial charge in [0.25, 0.3) is 5.91 Å². The van der Waals surface area contributed by atoms with Gasteiger partial charge in [0.15, 0.2) is 0 Å². The van der Waals surface area contributed by atoms with Crippen molar-refractivity contribution in [2.75, 3.05) is 18.4 Å². The Balaban J connectivity index is 1.35. The fourth-order valence-electron chi connectivity index (χ4n) is 3.96. The molecule has 0 unspecified atom stereocenters. The van der Waals surface area contributed by atoms with E-state index >= 15 is 0 Å². The zero-order chi connectivity index (χ0) is 20.0. The van der Waals surface area contributed by atoms with Crippen molar-refractivity contribution >= 4 is 45.7 Å². The predicted molar refractivity (Wildman–Crippen MR) is 117 cm³/mol. The summed E-state index contributed by atoms with van der Waals surface area (Å²) in [5.74, 6) is -0.0173. The highest BCUT2D eigenvalue weighted by atomic mass is 32.2. The molecule has 1 aromatic heterocycles. The molecule has 0 saturated heterocycles. The molecule has 2 amide bonds. The number of nitrogens with one attached hydrogen (secondary N) is 2. The number of aromatic nitrogens is 1. The third-order valence-electron chi connectivity index (χ3n) is 5.59. The van der Waals surface area contributed by atoms with Crippen LogP contribution in [0.25, 0.3) is 16.5 Å². The van der Waals surface area contributed by atoms with Gasteiger partial charge in [0.05, 0.1) is 10.9 Å². The average molecular weight is 404 g/mol. The number of H-pyrrole nitrogens is 1. The number of aromatic amines is 1. The number of nitrogens with zero attached hydrogens (tertiary/aromatic N) is 1. The second kappa shape index (κ2) is 7.12. The van der Waals surface area contributed by atoms with Gasteiger partial charge >= 0.3 is 0 Å². The van der Waals surface area contributed by atoms with E-state index in [-0.39, 0.29) is 17.1 Å². The number of para-hydroxylation sites is 1. The molecule has 3 aromatic rings. The molecule has 0 spiro atoms. The monoisotopic (exact) mass is 403 g/mol. The number of carbonyl (C=O) groups is 2. The molecule has 5 rings (SSSR count). The van der Waals surface area contributed by atoms with Gasteiger partial charge in [-0.1, -0.05) is 24.3 Å². The van der Waals surface area contributed by atoms with Crippen LogP contribution in [0.4, 0.5) is 5.69 Å². The Hall–Kier alpha value is -2.99. The van der Waals surface area contributed by atoms with Crippen LogP contribution in [0.1, 0.15) is 29.3 Å². The molecular weight excluding hydrogens is 382 g/mol. The van der Waals surface area contributed by atoms with Gasteiger partial charge in [-0.05, 0) is 43.2 Å². The van der Waals surface area contributed by atoms with Crippen molar-refractivity contribution in [1.29, 1.82) is 0 Å². The number of rotatable bonds is 2. The summed E-state index contributed by atoms with van der Waals surface area (Å²) in [6.45, 7) is 3.15. The van der Waals surface area contributed by atoms with Crippen LogP contribution >= 0.6 is 11.8 Å². The van der Waals surface area contributed by atoms with Crippen molar-refractivity contribution in [2.45, 2.75) is 23.5 Å². The van der Waals surface area contributed by atoms with Gasteiger partial charge in [0.2, 0.25) is 5.91 Å². The molecule has 29 heavy (non-hydrogen) atoms. The Bertz CT molecular complexity index is 1160. The average Bonchev–Trinajstić information content (AvgIpc) is 3.18. The second-order valence-corrected chi connectivity index (χ2v) is 8.82. The molecule has 0 radical (unpaired) electrons. The van der Waals surface area contributed by atoms with Gasteiger partial charge in [0, 0.05) is 46.2 Å². The summed E-state index contributed by atoms with van der Waals surface area (Å²) in [5, 5.41) is 4.01.